The van der Waals surface area contributed by atoms with Crippen LogP contribution in [0.3, 0.4) is 0 Å². The van der Waals surface area contributed by atoms with Crippen molar-refractivity contribution in [3.05, 3.63) is 11.7 Å². The minimum absolute atomic E-state index is 0.0820. The fourth-order valence-corrected chi connectivity index (χ4v) is 3.95. The maximum atomic E-state index is 12.2. The molecule has 1 amide bonds. The second kappa shape index (κ2) is 7.41. The molecule has 138 valence electrons. The van der Waals surface area contributed by atoms with Crippen LogP contribution in [0.4, 0.5) is 0 Å². The maximum absolute atomic E-state index is 12.2. The van der Waals surface area contributed by atoms with Gasteiger partial charge < -0.3 is 14.2 Å². The van der Waals surface area contributed by atoms with Gasteiger partial charge >= 0.3 is 0 Å². The van der Waals surface area contributed by atoms with E-state index in [4.69, 9.17) is 9.26 Å². The molecule has 7 nitrogen and oxygen atoms in total. The summed E-state index contributed by atoms with van der Waals surface area (Å²) in [6.07, 6.45) is 7.24. The first-order valence-electron chi connectivity index (χ1n) is 9.62. The summed E-state index contributed by atoms with van der Waals surface area (Å²) in [6.45, 7) is 5.89. The smallest absolute Gasteiger partial charge is 0.229 e. The minimum atomic E-state index is 0.0820. The van der Waals surface area contributed by atoms with Crippen molar-refractivity contribution in [2.45, 2.75) is 70.1 Å². The van der Waals surface area contributed by atoms with Crippen LogP contribution in [-0.4, -0.2) is 64.2 Å². The quantitative estimate of drug-likeness (QED) is 0.782. The van der Waals surface area contributed by atoms with E-state index in [0.29, 0.717) is 24.4 Å². The molecule has 2 atom stereocenters. The molecule has 3 aliphatic rings. The molecular weight excluding hydrogens is 320 g/mol. The first-order valence-corrected chi connectivity index (χ1v) is 9.62. The summed E-state index contributed by atoms with van der Waals surface area (Å²) < 4.78 is 11.2. The minimum Gasteiger partial charge on any atom is -0.377 e. The van der Waals surface area contributed by atoms with Gasteiger partial charge in [-0.2, -0.15) is 4.98 Å². The highest BCUT2D eigenvalue weighted by Crippen LogP contribution is 2.38. The summed E-state index contributed by atoms with van der Waals surface area (Å²) in [6, 6.07) is 0.226. The van der Waals surface area contributed by atoms with Crippen molar-refractivity contribution in [1.82, 2.24) is 19.9 Å². The van der Waals surface area contributed by atoms with Crippen molar-refractivity contribution in [1.29, 1.82) is 0 Å². The average Bonchev–Trinajstić information content (AvgIpc) is 3.18. The van der Waals surface area contributed by atoms with E-state index in [0.717, 1.165) is 57.8 Å². The fourth-order valence-electron chi connectivity index (χ4n) is 3.95. The molecule has 4 rings (SSSR count). The number of amides is 1. The van der Waals surface area contributed by atoms with Crippen molar-refractivity contribution in [3.8, 4) is 0 Å². The predicted molar refractivity (Wildman–Crippen MR) is 90.9 cm³/mol. The Balaban J connectivity index is 1.33. The normalized spacial score (nSPS) is 27.6. The van der Waals surface area contributed by atoms with Crippen molar-refractivity contribution >= 4 is 5.91 Å². The molecule has 0 unspecified atom stereocenters. The summed E-state index contributed by atoms with van der Waals surface area (Å²) in [5.41, 5.74) is 0. The molecule has 0 radical (unpaired) electrons. The molecule has 3 fully saturated rings. The third-order valence-corrected chi connectivity index (χ3v) is 5.55. The molecule has 0 aromatic carbocycles. The second-order valence-corrected chi connectivity index (χ2v) is 7.66. The molecule has 25 heavy (non-hydrogen) atoms. The highest BCUT2D eigenvalue weighted by Gasteiger charge is 2.33. The summed E-state index contributed by atoms with van der Waals surface area (Å²) in [7, 11) is 0. The molecule has 0 N–H and O–H groups in total. The SMILES string of the molecule is CC(=O)N(Cc1noc(C2CC2)n1)[C@H]1CCN(C[C@@H]2CCCCO2)C1. The topological polar surface area (TPSA) is 71.7 Å². The standard InChI is InChI=1S/C18H28N4O3/c1-13(23)22(12-17-19-18(25-20-17)14-5-6-14)15-7-8-21(10-15)11-16-4-2-3-9-24-16/h14-16H,2-12H2,1H3/t15-,16-/m0/s1. The van der Waals surface area contributed by atoms with Gasteiger partial charge in [-0.15, -0.1) is 0 Å². The lowest BCUT2D eigenvalue weighted by molar-refractivity contribution is -0.131. The molecule has 2 aliphatic heterocycles. The number of hydrogen-bond donors (Lipinski definition) is 0. The van der Waals surface area contributed by atoms with Crippen LogP contribution < -0.4 is 0 Å². The van der Waals surface area contributed by atoms with Gasteiger partial charge in [0, 0.05) is 45.1 Å². The molecule has 1 aromatic rings. The van der Waals surface area contributed by atoms with Crippen LogP contribution in [0, 0.1) is 0 Å². The summed E-state index contributed by atoms with van der Waals surface area (Å²) >= 11 is 0. The van der Waals surface area contributed by atoms with Gasteiger partial charge in [-0.05, 0) is 38.5 Å². The van der Waals surface area contributed by atoms with Gasteiger partial charge in [0.1, 0.15) is 0 Å². The lowest BCUT2D eigenvalue weighted by atomic mass is 10.1. The van der Waals surface area contributed by atoms with E-state index >= 15 is 0 Å². The number of likely N-dealkylation sites (tertiary alicyclic amines) is 1. The van der Waals surface area contributed by atoms with Crippen LogP contribution in [0.1, 0.15) is 63.1 Å². The van der Waals surface area contributed by atoms with Gasteiger partial charge in [0.25, 0.3) is 0 Å². The molecule has 2 saturated heterocycles. The molecule has 1 aromatic heterocycles. The van der Waals surface area contributed by atoms with E-state index in [9.17, 15) is 4.79 Å². The Bertz CT molecular complexity index is 595. The van der Waals surface area contributed by atoms with Gasteiger partial charge in [-0.3, -0.25) is 9.69 Å². The van der Waals surface area contributed by atoms with Crippen molar-refractivity contribution in [2.75, 3.05) is 26.2 Å². The Hall–Kier alpha value is -1.47. The number of aromatic nitrogens is 2. The van der Waals surface area contributed by atoms with E-state index in [1.54, 1.807) is 6.92 Å². The Morgan fingerprint density at radius 3 is 2.88 bits per heavy atom. The number of carbonyl (C=O) groups is 1. The first kappa shape index (κ1) is 17.0. The van der Waals surface area contributed by atoms with Crippen LogP contribution in [0.15, 0.2) is 4.52 Å². The van der Waals surface area contributed by atoms with E-state index in [-0.39, 0.29) is 11.9 Å². The van der Waals surface area contributed by atoms with Crippen LogP contribution >= 0.6 is 0 Å². The molecule has 3 heterocycles. The van der Waals surface area contributed by atoms with Gasteiger partial charge in [0.15, 0.2) is 5.82 Å². The number of nitrogens with zero attached hydrogens (tertiary/aromatic N) is 4. The number of hydrogen-bond acceptors (Lipinski definition) is 6. The number of carbonyl (C=O) groups excluding carboxylic acids is 1. The summed E-state index contributed by atoms with van der Waals surface area (Å²) in [5.74, 6) is 1.90. The third-order valence-electron chi connectivity index (χ3n) is 5.55. The Morgan fingerprint density at radius 1 is 1.28 bits per heavy atom. The van der Waals surface area contributed by atoms with Crippen LogP contribution in [0.5, 0.6) is 0 Å². The lowest BCUT2D eigenvalue weighted by Gasteiger charge is -2.29. The van der Waals surface area contributed by atoms with Gasteiger partial charge in [0.2, 0.25) is 11.8 Å². The Labute approximate surface area is 148 Å². The Kier molecular flexibility index (Phi) is 5.03. The second-order valence-electron chi connectivity index (χ2n) is 7.66. The van der Waals surface area contributed by atoms with Crippen LogP contribution in [0.2, 0.25) is 0 Å². The number of ether oxygens (including phenoxy) is 1. The summed E-state index contributed by atoms with van der Waals surface area (Å²) in [5, 5.41) is 4.07. The zero-order valence-corrected chi connectivity index (χ0v) is 15.0. The molecule has 0 spiro atoms. The molecule has 7 heteroatoms. The fraction of sp³-hybridized carbons (Fsp3) is 0.833. The third kappa shape index (κ3) is 4.20. The zero-order chi connectivity index (χ0) is 17.2. The van der Waals surface area contributed by atoms with Crippen molar-refractivity contribution in [2.24, 2.45) is 0 Å². The first-order chi connectivity index (χ1) is 12.2. The monoisotopic (exact) mass is 348 g/mol. The zero-order valence-electron chi connectivity index (χ0n) is 15.0. The molecular formula is C18H28N4O3. The predicted octanol–water partition coefficient (Wildman–Crippen LogP) is 1.94. The van der Waals surface area contributed by atoms with E-state index in [1.807, 2.05) is 4.90 Å². The summed E-state index contributed by atoms with van der Waals surface area (Å²) in [4.78, 5) is 21.0. The van der Waals surface area contributed by atoms with Gasteiger partial charge in [-0.25, -0.2) is 0 Å². The average molecular weight is 348 g/mol. The number of rotatable bonds is 6. The molecule has 1 saturated carbocycles. The van der Waals surface area contributed by atoms with Crippen molar-refractivity contribution in [3.63, 3.8) is 0 Å². The maximum Gasteiger partial charge on any atom is 0.229 e. The molecule has 0 bridgehead atoms. The van der Waals surface area contributed by atoms with E-state index in [2.05, 4.69) is 15.0 Å². The highest BCUT2D eigenvalue weighted by molar-refractivity contribution is 5.73. The van der Waals surface area contributed by atoms with Gasteiger partial charge in [0.05, 0.1) is 12.6 Å². The lowest BCUT2D eigenvalue weighted by Crippen LogP contribution is -2.42. The van der Waals surface area contributed by atoms with Crippen molar-refractivity contribution < 1.29 is 14.1 Å². The largest absolute Gasteiger partial charge is 0.377 e. The Morgan fingerprint density at radius 2 is 2.16 bits per heavy atom. The van der Waals surface area contributed by atoms with E-state index < -0.39 is 0 Å². The van der Waals surface area contributed by atoms with Gasteiger partial charge in [-0.1, -0.05) is 5.16 Å². The van der Waals surface area contributed by atoms with Crippen LogP contribution in [0.25, 0.3) is 0 Å². The highest BCUT2D eigenvalue weighted by atomic mass is 16.5. The molecule has 1 aliphatic carbocycles. The van der Waals surface area contributed by atoms with Crippen LogP contribution in [-0.2, 0) is 16.1 Å². The van der Waals surface area contributed by atoms with E-state index in [1.165, 1.54) is 12.8 Å².